The highest BCUT2D eigenvalue weighted by atomic mass is 16.5. The van der Waals surface area contributed by atoms with Gasteiger partial charge in [0.15, 0.2) is 0 Å². The lowest BCUT2D eigenvalue weighted by molar-refractivity contribution is -0.139. The smallest absolute Gasteiger partial charge is 0.340 e. The molecule has 0 unspecified atom stereocenters. The number of amides is 2. The summed E-state index contributed by atoms with van der Waals surface area (Å²) in [6.07, 6.45) is 1.58. The van der Waals surface area contributed by atoms with Gasteiger partial charge in [-0.25, -0.2) is 4.79 Å². The predicted octanol–water partition coefficient (Wildman–Crippen LogP) is 5.50. The van der Waals surface area contributed by atoms with Gasteiger partial charge in [-0.3, -0.25) is 9.59 Å². The molecule has 7 heteroatoms. The number of carbonyl (C=O) groups excluding carboxylic acids is 3. The number of ether oxygens (including phenoxy) is 1. The van der Waals surface area contributed by atoms with Crippen molar-refractivity contribution >= 4 is 24.0 Å². The Balaban J connectivity index is 1.25. The number of imide groups is 1. The van der Waals surface area contributed by atoms with Crippen LogP contribution in [0.5, 0.6) is 0 Å². The van der Waals surface area contributed by atoms with Crippen LogP contribution in [0.15, 0.2) is 84.0 Å². The van der Waals surface area contributed by atoms with E-state index in [1.807, 2.05) is 60.9 Å². The van der Waals surface area contributed by atoms with E-state index in [1.54, 1.807) is 25.3 Å². The molecular formula is C34H29N3O4. The summed E-state index contributed by atoms with van der Waals surface area (Å²) in [6.45, 7) is 5.93. The molecule has 8 rings (SSSR count). The SMILES string of the molecule is CCOC(=O)c1ccccc1-n1c(C)cc(/C=N\N2C(=O)[C@@H]3C4c5ccccc5C(c5ccccc54)[C@H]3C2=O)c1C. The Morgan fingerprint density at radius 2 is 1.34 bits per heavy atom. The third-order valence-electron chi connectivity index (χ3n) is 8.85. The highest BCUT2D eigenvalue weighted by Gasteiger charge is 2.61. The lowest BCUT2D eigenvalue weighted by Gasteiger charge is -2.45. The Kier molecular flexibility index (Phi) is 5.78. The van der Waals surface area contributed by atoms with E-state index >= 15 is 0 Å². The molecule has 0 saturated carbocycles. The van der Waals surface area contributed by atoms with Crippen molar-refractivity contribution in [2.24, 2.45) is 16.9 Å². The first kappa shape index (κ1) is 25.2. The molecule has 3 aromatic carbocycles. The Hall–Kier alpha value is -4.78. The summed E-state index contributed by atoms with van der Waals surface area (Å²) in [7, 11) is 0. The minimum Gasteiger partial charge on any atom is -0.462 e. The number of nitrogens with zero attached hydrogens (tertiary/aromatic N) is 3. The summed E-state index contributed by atoms with van der Waals surface area (Å²) in [4.78, 5) is 40.4. The number of rotatable bonds is 5. The van der Waals surface area contributed by atoms with Gasteiger partial charge in [-0.2, -0.15) is 10.1 Å². The average molecular weight is 544 g/mol. The molecule has 2 heterocycles. The van der Waals surface area contributed by atoms with Crippen LogP contribution in [0.4, 0.5) is 0 Å². The van der Waals surface area contributed by atoms with E-state index in [0.29, 0.717) is 11.3 Å². The molecule has 2 bridgehead atoms. The normalized spacial score (nSPS) is 22.2. The van der Waals surface area contributed by atoms with E-state index in [4.69, 9.17) is 4.74 Å². The van der Waals surface area contributed by atoms with Crippen LogP contribution in [0.25, 0.3) is 5.69 Å². The van der Waals surface area contributed by atoms with Gasteiger partial charge in [0.2, 0.25) is 0 Å². The molecule has 204 valence electrons. The first-order valence-electron chi connectivity index (χ1n) is 14.0. The fourth-order valence-corrected chi connectivity index (χ4v) is 7.23. The van der Waals surface area contributed by atoms with Gasteiger partial charge in [0.25, 0.3) is 11.8 Å². The Morgan fingerprint density at radius 1 is 0.829 bits per heavy atom. The van der Waals surface area contributed by atoms with Crippen molar-refractivity contribution < 1.29 is 19.1 Å². The predicted molar refractivity (Wildman–Crippen MR) is 154 cm³/mol. The lowest BCUT2D eigenvalue weighted by Crippen LogP contribution is -2.41. The summed E-state index contributed by atoms with van der Waals surface area (Å²) in [5, 5.41) is 5.59. The minimum absolute atomic E-state index is 0.168. The van der Waals surface area contributed by atoms with Crippen molar-refractivity contribution in [3.05, 3.63) is 124 Å². The second kappa shape index (κ2) is 9.41. The van der Waals surface area contributed by atoms with E-state index in [2.05, 4.69) is 29.4 Å². The van der Waals surface area contributed by atoms with Crippen LogP contribution < -0.4 is 0 Å². The van der Waals surface area contributed by atoms with E-state index in [0.717, 1.165) is 44.2 Å². The average Bonchev–Trinajstić information content (AvgIpc) is 3.42. The van der Waals surface area contributed by atoms with Crippen molar-refractivity contribution in [2.45, 2.75) is 32.6 Å². The van der Waals surface area contributed by atoms with Crippen molar-refractivity contribution in [1.82, 2.24) is 9.58 Å². The summed E-state index contributed by atoms with van der Waals surface area (Å²) < 4.78 is 7.24. The third kappa shape index (κ3) is 3.58. The Bertz CT molecular complexity index is 1670. The molecule has 2 atom stereocenters. The highest BCUT2D eigenvalue weighted by Crippen LogP contribution is 2.60. The van der Waals surface area contributed by atoms with Crippen LogP contribution in [0, 0.1) is 25.7 Å². The Morgan fingerprint density at radius 3 is 1.88 bits per heavy atom. The summed E-state index contributed by atoms with van der Waals surface area (Å²) in [5.74, 6) is -2.18. The first-order valence-corrected chi connectivity index (χ1v) is 14.0. The van der Waals surface area contributed by atoms with Gasteiger partial charge in [-0.05, 0) is 61.2 Å². The summed E-state index contributed by atoms with van der Waals surface area (Å²) >= 11 is 0. The van der Waals surface area contributed by atoms with Gasteiger partial charge in [-0.15, -0.1) is 0 Å². The molecular weight excluding hydrogens is 514 g/mol. The molecule has 4 aromatic rings. The largest absolute Gasteiger partial charge is 0.462 e. The molecule has 7 nitrogen and oxygen atoms in total. The van der Waals surface area contributed by atoms with Crippen LogP contribution in [-0.2, 0) is 14.3 Å². The number of para-hydroxylation sites is 1. The van der Waals surface area contributed by atoms with Gasteiger partial charge in [0, 0.05) is 28.8 Å². The zero-order valence-corrected chi connectivity index (χ0v) is 23.1. The molecule has 2 amide bonds. The summed E-state index contributed by atoms with van der Waals surface area (Å²) in [5.41, 5.74) is 8.17. The molecule has 1 fully saturated rings. The molecule has 4 aliphatic rings. The molecule has 3 aliphatic carbocycles. The van der Waals surface area contributed by atoms with E-state index < -0.39 is 17.8 Å². The monoisotopic (exact) mass is 543 g/mol. The second-order valence-corrected chi connectivity index (χ2v) is 10.9. The standard InChI is InChI=1S/C34H29N3O4/c1-4-41-34(40)26-15-9-10-16-27(26)36-19(2)17-21(20(36)3)18-35-37-32(38)30-28-22-11-5-6-12-23(22)29(31(30)33(37)39)25-14-8-7-13-24(25)28/h5-18,28-31H,4H2,1-3H3/b35-18-/t28?,29?,30-,31-/m1/s1. The molecule has 1 saturated heterocycles. The van der Waals surface area contributed by atoms with Gasteiger partial charge in [0.05, 0.1) is 35.9 Å². The second-order valence-electron chi connectivity index (χ2n) is 10.9. The summed E-state index contributed by atoms with van der Waals surface area (Å²) in [6, 6.07) is 25.6. The van der Waals surface area contributed by atoms with Gasteiger partial charge >= 0.3 is 5.97 Å². The topological polar surface area (TPSA) is 81.0 Å². The fraction of sp³-hybridized carbons (Fsp3) is 0.235. The lowest BCUT2D eigenvalue weighted by atomic mass is 9.55. The van der Waals surface area contributed by atoms with Crippen molar-refractivity contribution in [1.29, 1.82) is 0 Å². The third-order valence-corrected chi connectivity index (χ3v) is 8.85. The quantitative estimate of drug-likeness (QED) is 0.189. The maximum absolute atomic E-state index is 13.9. The first-order chi connectivity index (χ1) is 19.9. The number of aromatic nitrogens is 1. The number of aryl methyl sites for hydroxylation is 1. The van der Waals surface area contributed by atoms with E-state index in [1.165, 1.54) is 0 Å². The van der Waals surface area contributed by atoms with Crippen LogP contribution in [-0.4, -0.2) is 40.2 Å². The van der Waals surface area contributed by atoms with Crippen molar-refractivity contribution in [3.8, 4) is 5.69 Å². The number of esters is 1. The van der Waals surface area contributed by atoms with Gasteiger partial charge < -0.3 is 9.30 Å². The van der Waals surface area contributed by atoms with E-state index in [-0.39, 0.29) is 30.3 Å². The van der Waals surface area contributed by atoms with Gasteiger partial charge in [-0.1, -0.05) is 60.7 Å². The molecule has 1 aromatic heterocycles. The fourth-order valence-electron chi connectivity index (χ4n) is 7.23. The molecule has 0 radical (unpaired) electrons. The number of hydrogen-bond acceptors (Lipinski definition) is 5. The highest BCUT2D eigenvalue weighted by molar-refractivity contribution is 6.08. The zero-order chi connectivity index (χ0) is 28.4. The molecule has 41 heavy (non-hydrogen) atoms. The molecule has 0 spiro atoms. The number of carbonyl (C=O) groups is 3. The Labute approximate surface area is 238 Å². The zero-order valence-electron chi connectivity index (χ0n) is 23.1. The van der Waals surface area contributed by atoms with Crippen LogP contribution in [0.2, 0.25) is 0 Å². The number of hydrogen-bond donors (Lipinski definition) is 0. The number of benzene rings is 3. The molecule has 1 aliphatic heterocycles. The maximum Gasteiger partial charge on any atom is 0.340 e. The van der Waals surface area contributed by atoms with Crippen molar-refractivity contribution in [3.63, 3.8) is 0 Å². The van der Waals surface area contributed by atoms with Crippen LogP contribution >= 0.6 is 0 Å². The number of hydrazone groups is 1. The van der Waals surface area contributed by atoms with Crippen LogP contribution in [0.1, 0.15) is 68.3 Å². The van der Waals surface area contributed by atoms with Crippen molar-refractivity contribution in [2.75, 3.05) is 6.61 Å². The molecule has 0 N–H and O–H groups in total. The maximum atomic E-state index is 13.9. The van der Waals surface area contributed by atoms with Gasteiger partial charge in [0.1, 0.15) is 0 Å². The van der Waals surface area contributed by atoms with Crippen LogP contribution in [0.3, 0.4) is 0 Å². The minimum atomic E-state index is -0.474. The van der Waals surface area contributed by atoms with E-state index in [9.17, 15) is 14.4 Å².